The van der Waals surface area contributed by atoms with Gasteiger partial charge in [0.05, 0.1) is 5.92 Å². The number of benzene rings is 1. The van der Waals surface area contributed by atoms with E-state index in [0.717, 1.165) is 50.0 Å². The number of nitrogens with two attached hydrogens (primary N) is 1. The maximum absolute atomic E-state index is 12.9. The average Bonchev–Trinajstić information content (AvgIpc) is 2.67. The van der Waals surface area contributed by atoms with E-state index in [1.807, 2.05) is 43.0 Å². The Kier molecular flexibility index (Phi) is 6.37. The molecule has 0 saturated carbocycles. The molecule has 6 heteroatoms. The molecule has 0 spiro atoms. The van der Waals surface area contributed by atoms with Crippen molar-refractivity contribution in [2.24, 2.45) is 17.6 Å². The highest BCUT2D eigenvalue weighted by molar-refractivity contribution is 5.90. The average molecular weight is 373 g/mol. The van der Waals surface area contributed by atoms with Crippen LogP contribution in [0.3, 0.4) is 0 Å². The Bertz CT molecular complexity index is 668. The van der Waals surface area contributed by atoms with Crippen molar-refractivity contribution in [1.29, 1.82) is 0 Å². The van der Waals surface area contributed by atoms with E-state index < -0.39 is 0 Å². The van der Waals surface area contributed by atoms with E-state index in [1.165, 1.54) is 0 Å². The normalized spacial score (nSPS) is 22.4. The first-order valence-electron chi connectivity index (χ1n) is 10.1. The zero-order chi connectivity index (χ0) is 19.4. The SMILES string of the molecule is Cc1cccc(NC(=O)N2CCCC(C(=O)N3CCC(C(C)N)CC3)C2)c1. The van der Waals surface area contributed by atoms with Crippen molar-refractivity contribution in [3.63, 3.8) is 0 Å². The second-order valence-electron chi connectivity index (χ2n) is 8.11. The van der Waals surface area contributed by atoms with Crippen LogP contribution < -0.4 is 11.1 Å². The number of carbonyl (C=O) groups excluding carboxylic acids is 2. The minimum absolute atomic E-state index is 0.0890. The summed E-state index contributed by atoms with van der Waals surface area (Å²) in [5.41, 5.74) is 7.90. The van der Waals surface area contributed by atoms with Gasteiger partial charge in [0.1, 0.15) is 0 Å². The summed E-state index contributed by atoms with van der Waals surface area (Å²) >= 11 is 0. The molecule has 2 atom stereocenters. The monoisotopic (exact) mass is 372 g/mol. The van der Waals surface area contributed by atoms with Gasteiger partial charge in [-0.25, -0.2) is 4.79 Å². The Morgan fingerprint density at radius 2 is 1.89 bits per heavy atom. The van der Waals surface area contributed by atoms with Gasteiger partial charge in [0, 0.05) is 37.9 Å². The zero-order valence-corrected chi connectivity index (χ0v) is 16.5. The molecule has 148 valence electrons. The van der Waals surface area contributed by atoms with E-state index in [-0.39, 0.29) is 23.9 Å². The Morgan fingerprint density at radius 3 is 2.56 bits per heavy atom. The topological polar surface area (TPSA) is 78.7 Å². The molecule has 3 rings (SSSR count). The van der Waals surface area contributed by atoms with Crippen LogP contribution in [0.4, 0.5) is 10.5 Å². The molecule has 0 bridgehead atoms. The predicted molar refractivity (Wildman–Crippen MR) is 107 cm³/mol. The predicted octanol–water partition coefficient (Wildman–Crippen LogP) is 2.82. The smallest absolute Gasteiger partial charge is 0.321 e. The Hall–Kier alpha value is -2.08. The lowest BCUT2D eigenvalue weighted by Gasteiger charge is -2.38. The number of likely N-dealkylation sites (tertiary alicyclic amines) is 2. The third-order valence-electron chi connectivity index (χ3n) is 5.92. The van der Waals surface area contributed by atoms with Gasteiger partial charge >= 0.3 is 6.03 Å². The van der Waals surface area contributed by atoms with E-state index >= 15 is 0 Å². The van der Waals surface area contributed by atoms with Gasteiger partial charge in [0.2, 0.25) is 5.91 Å². The molecule has 3 N–H and O–H groups in total. The number of urea groups is 1. The molecule has 0 radical (unpaired) electrons. The van der Waals surface area contributed by atoms with Gasteiger partial charge in [-0.15, -0.1) is 0 Å². The Balaban J connectivity index is 1.54. The number of nitrogens with zero attached hydrogens (tertiary/aromatic N) is 2. The summed E-state index contributed by atoms with van der Waals surface area (Å²) in [5, 5.41) is 2.96. The molecule has 2 aliphatic rings. The van der Waals surface area contributed by atoms with E-state index in [1.54, 1.807) is 4.90 Å². The van der Waals surface area contributed by atoms with Gasteiger partial charge in [-0.2, -0.15) is 0 Å². The standard InChI is InChI=1S/C21H32N4O2/c1-15-5-3-7-19(13-15)23-21(27)25-10-4-6-18(14-25)20(26)24-11-8-17(9-12-24)16(2)22/h3,5,7,13,16-18H,4,6,8-12,14,22H2,1-2H3,(H,23,27). The van der Waals surface area contributed by atoms with Crippen molar-refractivity contribution >= 4 is 17.6 Å². The Labute approximate surface area is 162 Å². The number of hydrogen-bond acceptors (Lipinski definition) is 3. The lowest BCUT2D eigenvalue weighted by atomic mass is 9.89. The first-order chi connectivity index (χ1) is 12.9. The maximum Gasteiger partial charge on any atom is 0.321 e. The van der Waals surface area contributed by atoms with Crippen molar-refractivity contribution < 1.29 is 9.59 Å². The molecule has 27 heavy (non-hydrogen) atoms. The summed E-state index contributed by atoms with van der Waals surface area (Å²) in [6, 6.07) is 7.85. The van der Waals surface area contributed by atoms with Crippen molar-refractivity contribution in [2.45, 2.75) is 45.6 Å². The number of amides is 3. The minimum Gasteiger partial charge on any atom is -0.342 e. The summed E-state index contributed by atoms with van der Waals surface area (Å²) in [4.78, 5) is 29.3. The molecular formula is C21H32N4O2. The largest absolute Gasteiger partial charge is 0.342 e. The fraction of sp³-hybridized carbons (Fsp3) is 0.619. The molecule has 0 aromatic heterocycles. The fourth-order valence-corrected chi connectivity index (χ4v) is 4.19. The molecule has 2 aliphatic heterocycles. The number of rotatable bonds is 3. The van der Waals surface area contributed by atoms with Gasteiger partial charge in [0.25, 0.3) is 0 Å². The molecule has 2 heterocycles. The van der Waals surface area contributed by atoms with Crippen molar-refractivity contribution in [3.05, 3.63) is 29.8 Å². The van der Waals surface area contributed by atoms with Gasteiger partial charge in [-0.1, -0.05) is 12.1 Å². The fourth-order valence-electron chi connectivity index (χ4n) is 4.19. The maximum atomic E-state index is 12.9. The first-order valence-corrected chi connectivity index (χ1v) is 10.1. The van der Waals surface area contributed by atoms with Gasteiger partial charge < -0.3 is 20.9 Å². The highest BCUT2D eigenvalue weighted by atomic mass is 16.2. The van der Waals surface area contributed by atoms with Gasteiger partial charge in [-0.3, -0.25) is 4.79 Å². The van der Waals surface area contributed by atoms with Gasteiger partial charge in [0.15, 0.2) is 0 Å². The van der Waals surface area contributed by atoms with Crippen molar-refractivity contribution in [1.82, 2.24) is 9.80 Å². The van der Waals surface area contributed by atoms with Crippen molar-refractivity contribution in [2.75, 3.05) is 31.5 Å². The van der Waals surface area contributed by atoms with Crippen LogP contribution >= 0.6 is 0 Å². The van der Waals surface area contributed by atoms with E-state index in [0.29, 0.717) is 19.0 Å². The summed E-state index contributed by atoms with van der Waals surface area (Å²) in [7, 11) is 0. The van der Waals surface area contributed by atoms with Crippen LogP contribution in [0.1, 0.15) is 38.2 Å². The lowest BCUT2D eigenvalue weighted by Crippen LogP contribution is -2.50. The highest BCUT2D eigenvalue weighted by Gasteiger charge is 2.33. The second kappa shape index (κ2) is 8.74. The minimum atomic E-state index is -0.117. The van der Waals surface area contributed by atoms with Crippen LogP contribution in [-0.2, 0) is 4.79 Å². The third kappa shape index (κ3) is 5.01. The number of hydrogen-bond donors (Lipinski definition) is 2. The number of anilines is 1. The highest BCUT2D eigenvalue weighted by Crippen LogP contribution is 2.25. The van der Waals surface area contributed by atoms with Crippen molar-refractivity contribution in [3.8, 4) is 0 Å². The number of nitrogens with one attached hydrogen (secondary N) is 1. The third-order valence-corrected chi connectivity index (χ3v) is 5.92. The molecule has 1 aromatic carbocycles. The molecule has 2 unspecified atom stereocenters. The van der Waals surface area contributed by atoms with Crippen LogP contribution in [0.15, 0.2) is 24.3 Å². The van der Waals surface area contributed by atoms with Crippen LogP contribution in [0.5, 0.6) is 0 Å². The summed E-state index contributed by atoms with van der Waals surface area (Å²) in [6.07, 6.45) is 3.69. The van der Waals surface area contributed by atoms with Crippen LogP contribution in [0.25, 0.3) is 0 Å². The van der Waals surface area contributed by atoms with E-state index in [4.69, 9.17) is 5.73 Å². The van der Waals surface area contributed by atoms with Crippen LogP contribution in [0.2, 0.25) is 0 Å². The van der Waals surface area contributed by atoms with E-state index in [2.05, 4.69) is 5.32 Å². The van der Waals surface area contributed by atoms with Gasteiger partial charge in [-0.05, 0) is 63.1 Å². The molecular weight excluding hydrogens is 340 g/mol. The first kappa shape index (κ1) is 19.7. The van der Waals surface area contributed by atoms with Crippen LogP contribution in [0, 0.1) is 18.8 Å². The molecule has 3 amide bonds. The van der Waals surface area contributed by atoms with E-state index in [9.17, 15) is 9.59 Å². The quantitative estimate of drug-likeness (QED) is 0.856. The number of carbonyl (C=O) groups is 2. The lowest BCUT2D eigenvalue weighted by molar-refractivity contribution is -0.138. The summed E-state index contributed by atoms with van der Waals surface area (Å²) < 4.78 is 0. The zero-order valence-electron chi connectivity index (χ0n) is 16.5. The molecule has 2 fully saturated rings. The number of aryl methyl sites for hydroxylation is 1. The molecule has 2 saturated heterocycles. The Morgan fingerprint density at radius 1 is 1.15 bits per heavy atom. The second-order valence-corrected chi connectivity index (χ2v) is 8.11. The molecule has 6 nitrogen and oxygen atoms in total. The molecule has 1 aromatic rings. The molecule has 0 aliphatic carbocycles. The summed E-state index contributed by atoms with van der Waals surface area (Å²) in [6.45, 7) is 6.83. The van der Waals surface area contributed by atoms with Crippen LogP contribution in [-0.4, -0.2) is 54.0 Å². The summed E-state index contributed by atoms with van der Waals surface area (Å²) in [5.74, 6) is 0.622. The number of piperidine rings is 2.